The average Bonchev–Trinajstić information content (AvgIpc) is 3.18. The van der Waals surface area contributed by atoms with Crippen molar-refractivity contribution >= 4 is 35.6 Å². The van der Waals surface area contributed by atoms with Gasteiger partial charge < -0.3 is 20.3 Å². The van der Waals surface area contributed by atoms with Crippen molar-refractivity contribution in [3.05, 3.63) is 29.8 Å². The minimum absolute atomic E-state index is 0. The van der Waals surface area contributed by atoms with Crippen molar-refractivity contribution in [2.45, 2.75) is 13.3 Å². The van der Waals surface area contributed by atoms with Crippen LogP contribution in [0.5, 0.6) is 0 Å². The van der Waals surface area contributed by atoms with Crippen LogP contribution in [0.1, 0.15) is 13.3 Å². The summed E-state index contributed by atoms with van der Waals surface area (Å²) in [5.41, 5.74) is 0.737. The van der Waals surface area contributed by atoms with Gasteiger partial charge in [-0.25, -0.2) is 8.78 Å². The maximum Gasteiger partial charge on any atom is 0.191 e. The van der Waals surface area contributed by atoms with Gasteiger partial charge >= 0.3 is 0 Å². The molecule has 0 bridgehead atoms. The Bertz CT molecular complexity index is 658. The monoisotopic (exact) mass is 523 g/mol. The summed E-state index contributed by atoms with van der Waals surface area (Å²) >= 11 is 0. The second kappa shape index (κ2) is 12.5. The van der Waals surface area contributed by atoms with E-state index >= 15 is 0 Å². The average molecular weight is 523 g/mol. The van der Waals surface area contributed by atoms with Gasteiger partial charge in [0.05, 0.1) is 13.2 Å². The fourth-order valence-electron chi connectivity index (χ4n) is 3.62. The molecule has 2 aliphatic rings. The van der Waals surface area contributed by atoms with Crippen molar-refractivity contribution in [2.75, 3.05) is 70.5 Å². The summed E-state index contributed by atoms with van der Waals surface area (Å²) < 4.78 is 32.0. The van der Waals surface area contributed by atoms with Crippen LogP contribution in [-0.2, 0) is 4.74 Å². The summed E-state index contributed by atoms with van der Waals surface area (Å²) in [6.07, 6.45) is 0.996. The molecule has 29 heavy (non-hydrogen) atoms. The number of nitrogens with zero attached hydrogens (tertiary/aromatic N) is 3. The van der Waals surface area contributed by atoms with E-state index in [1.807, 2.05) is 0 Å². The third-order valence-electron chi connectivity index (χ3n) is 5.23. The van der Waals surface area contributed by atoms with E-state index in [-0.39, 0.29) is 24.0 Å². The molecule has 0 aliphatic carbocycles. The van der Waals surface area contributed by atoms with Crippen molar-refractivity contribution < 1.29 is 13.5 Å². The number of benzene rings is 1. The minimum Gasteiger partial charge on any atom is -0.379 e. The predicted octanol–water partition coefficient (Wildman–Crippen LogP) is 2.30. The normalized spacial score (nSPS) is 20.4. The first-order valence-corrected chi connectivity index (χ1v) is 10.2. The highest BCUT2D eigenvalue weighted by Crippen LogP contribution is 2.25. The molecular weight excluding hydrogens is 491 g/mol. The van der Waals surface area contributed by atoms with Gasteiger partial charge in [0.1, 0.15) is 0 Å². The van der Waals surface area contributed by atoms with Crippen LogP contribution in [0.2, 0.25) is 0 Å². The summed E-state index contributed by atoms with van der Waals surface area (Å²) in [6, 6.07) is 4.11. The number of halogens is 3. The number of ether oxygens (including phenoxy) is 1. The molecule has 1 atom stereocenters. The highest BCUT2D eigenvalue weighted by atomic mass is 127. The van der Waals surface area contributed by atoms with E-state index in [9.17, 15) is 8.78 Å². The second-order valence-electron chi connectivity index (χ2n) is 7.30. The smallest absolute Gasteiger partial charge is 0.191 e. The van der Waals surface area contributed by atoms with Gasteiger partial charge in [-0.05, 0) is 31.4 Å². The molecule has 1 unspecified atom stereocenters. The standard InChI is InChI=1S/C20H31F2N5O.HI/c1-2-23-20(24-6-8-26-9-11-28-12-10-26)25-14-16-5-7-27(15-16)17-3-4-18(21)19(22)13-17;/h3-4,13,16H,2,5-12,14-15H2,1H3,(H2,23,24,25);1H. The molecule has 2 aliphatic heterocycles. The first-order chi connectivity index (χ1) is 13.7. The molecule has 1 aromatic rings. The maximum atomic E-state index is 13.5. The van der Waals surface area contributed by atoms with Gasteiger partial charge in [-0.3, -0.25) is 9.89 Å². The number of guanidine groups is 1. The molecule has 6 nitrogen and oxygen atoms in total. The highest BCUT2D eigenvalue weighted by molar-refractivity contribution is 14.0. The second-order valence-corrected chi connectivity index (χ2v) is 7.30. The van der Waals surface area contributed by atoms with Gasteiger partial charge in [-0.1, -0.05) is 0 Å². The number of hydrogen-bond donors (Lipinski definition) is 2. The lowest BCUT2D eigenvalue weighted by atomic mass is 10.1. The van der Waals surface area contributed by atoms with Gasteiger partial charge in [0.25, 0.3) is 0 Å². The molecule has 2 heterocycles. The molecule has 3 rings (SSSR count). The highest BCUT2D eigenvalue weighted by Gasteiger charge is 2.23. The van der Waals surface area contributed by atoms with Gasteiger partial charge in [0.15, 0.2) is 17.6 Å². The van der Waals surface area contributed by atoms with Crippen LogP contribution < -0.4 is 15.5 Å². The number of rotatable bonds is 7. The molecule has 2 saturated heterocycles. The quantitative estimate of drug-likeness (QED) is 0.327. The first-order valence-electron chi connectivity index (χ1n) is 10.2. The largest absolute Gasteiger partial charge is 0.379 e. The van der Waals surface area contributed by atoms with Gasteiger partial charge in [0.2, 0.25) is 0 Å². The first kappa shape index (κ1) is 24.1. The lowest BCUT2D eigenvalue weighted by molar-refractivity contribution is 0.0389. The van der Waals surface area contributed by atoms with E-state index in [0.29, 0.717) is 12.5 Å². The van der Waals surface area contributed by atoms with E-state index < -0.39 is 11.6 Å². The van der Waals surface area contributed by atoms with Crippen molar-refractivity contribution in [3.8, 4) is 0 Å². The summed E-state index contributed by atoms with van der Waals surface area (Å²) in [5, 5.41) is 6.69. The lowest BCUT2D eigenvalue weighted by Crippen LogP contribution is -2.44. The van der Waals surface area contributed by atoms with Crippen LogP contribution in [0.3, 0.4) is 0 Å². The van der Waals surface area contributed by atoms with Crippen molar-refractivity contribution in [3.63, 3.8) is 0 Å². The van der Waals surface area contributed by atoms with Gasteiger partial charge in [0, 0.05) is 64.1 Å². The topological polar surface area (TPSA) is 52.1 Å². The molecule has 164 valence electrons. The summed E-state index contributed by atoms with van der Waals surface area (Å²) in [6.45, 7) is 10.6. The Morgan fingerprint density at radius 2 is 1.97 bits per heavy atom. The molecule has 0 spiro atoms. The summed E-state index contributed by atoms with van der Waals surface area (Å²) in [5.74, 6) is -0.356. The molecule has 9 heteroatoms. The zero-order chi connectivity index (χ0) is 19.8. The molecule has 0 radical (unpaired) electrons. The van der Waals surface area contributed by atoms with Crippen LogP contribution in [0.25, 0.3) is 0 Å². The van der Waals surface area contributed by atoms with Crippen LogP contribution >= 0.6 is 24.0 Å². The predicted molar refractivity (Wildman–Crippen MR) is 123 cm³/mol. The number of nitrogens with one attached hydrogen (secondary N) is 2. The Morgan fingerprint density at radius 3 is 2.69 bits per heavy atom. The van der Waals surface area contributed by atoms with Crippen molar-refractivity contribution in [1.82, 2.24) is 15.5 Å². The van der Waals surface area contributed by atoms with E-state index in [1.165, 1.54) is 12.1 Å². The van der Waals surface area contributed by atoms with E-state index in [0.717, 1.165) is 77.1 Å². The Kier molecular flexibility index (Phi) is 10.4. The fraction of sp³-hybridized carbons (Fsp3) is 0.650. The fourth-order valence-corrected chi connectivity index (χ4v) is 3.62. The number of aliphatic imine (C=N–C) groups is 1. The van der Waals surface area contributed by atoms with E-state index in [2.05, 4.69) is 27.4 Å². The SMILES string of the molecule is CCNC(=NCC1CCN(c2ccc(F)c(F)c2)C1)NCCN1CCOCC1.I. The molecule has 1 aromatic carbocycles. The Morgan fingerprint density at radius 1 is 1.17 bits per heavy atom. The zero-order valence-electron chi connectivity index (χ0n) is 17.0. The molecule has 0 amide bonds. The number of anilines is 1. The summed E-state index contributed by atoms with van der Waals surface area (Å²) in [4.78, 5) is 9.21. The molecule has 2 fully saturated rings. The molecule has 0 aromatic heterocycles. The Balaban J connectivity index is 0.00000300. The van der Waals surface area contributed by atoms with E-state index in [4.69, 9.17) is 9.73 Å². The molecular formula is C20H32F2IN5O. The van der Waals surface area contributed by atoms with Gasteiger partial charge in [-0.2, -0.15) is 0 Å². The third kappa shape index (κ3) is 7.53. The van der Waals surface area contributed by atoms with Crippen LogP contribution in [0, 0.1) is 17.6 Å². The molecule has 2 N–H and O–H groups in total. The maximum absolute atomic E-state index is 13.5. The van der Waals surface area contributed by atoms with Gasteiger partial charge in [-0.15, -0.1) is 24.0 Å². The molecule has 0 saturated carbocycles. The number of hydrogen-bond acceptors (Lipinski definition) is 4. The van der Waals surface area contributed by atoms with Crippen molar-refractivity contribution in [1.29, 1.82) is 0 Å². The zero-order valence-corrected chi connectivity index (χ0v) is 19.3. The lowest BCUT2D eigenvalue weighted by Gasteiger charge is -2.26. The Labute approximate surface area is 189 Å². The van der Waals surface area contributed by atoms with E-state index in [1.54, 1.807) is 6.07 Å². The van der Waals surface area contributed by atoms with Crippen molar-refractivity contribution in [2.24, 2.45) is 10.9 Å². The minimum atomic E-state index is -0.803. The van der Waals surface area contributed by atoms with Crippen LogP contribution in [0.4, 0.5) is 14.5 Å². The Hall–Kier alpha value is -1.20. The third-order valence-corrected chi connectivity index (χ3v) is 5.23. The number of morpholine rings is 1. The summed E-state index contributed by atoms with van der Waals surface area (Å²) in [7, 11) is 0. The van der Waals surface area contributed by atoms with Crippen LogP contribution in [0.15, 0.2) is 23.2 Å². The van der Waals surface area contributed by atoms with Crippen LogP contribution in [-0.4, -0.2) is 76.4 Å².